The molecule has 2 aliphatic rings. The molecule has 1 aliphatic heterocycles. The van der Waals surface area contributed by atoms with Gasteiger partial charge in [-0.1, -0.05) is 15.9 Å². The third kappa shape index (κ3) is 3.52. The normalized spacial score (nSPS) is 26.0. The third-order valence-electron chi connectivity index (χ3n) is 5.17. The first-order valence-corrected chi connectivity index (χ1v) is 9.18. The SMILES string of the molecule is CN(C)C1CC2(CCC1N(C)C(=O)c1ccc(Br)cc1)OCCO2. The van der Waals surface area contributed by atoms with Crippen molar-refractivity contribution < 1.29 is 14.3 Å². The summed E-state index contributed by atoms with van der Waals surface area (Å²) in [4.78, 5) is 16.9. The predicted molar refractivity (Wildman–Crippen MR) is 96.0 cm³/mol. The van der Waals surface area contributed by atoms with E-state index >= 15 is 0 Å². The minimum absolute atomic E-state index is 0.0589. The molecule has 1 aliphatic carbocycles. The molecule has 1 aromatic carbocycles. The number of carbonyl (C=O) groups excluding carboxylic acids is 1. The fourth-order valence-corrected chi connectivity index (χ4v) is 4.07. The van der Waals surface area contributed by atoms with Gasteiger partial charge in [-0.25, -0.2) is 0 Å². The minimum Gasteiger partial charge on any atom is -0.347 e. The Labute approximate surface area is 152 Å². The number of amides is 1. The maximum atomic E-state index is 12.9. The summed E-state index contributed by atoms with van der Waals surface area (Å²) in [7, 11) is 6.02. The minimum atomic E-state index is -0.451. The lowest BCUT2D eigenvalue weighted by molar-refractivity contribution is -0.195. The number of halogens is 1. The van der Waals surface area contributed by atoms with Crippen LogP contribution in [0, 0.1) is 0 Å². The molecule has 3 rings (SSSR count). The molecule has 0 radical (unpaired) electrons. The van der Waals surface area contributed by atoms with E-state index in [0.717, 1.165) is 23.7 Å². The molecule has 0 bridgehead atoms. The topological polar surface area (TPSA) is 42.0 Å². The quantitative estimate of drug-likeness (QED) is 0.787. The van der Waals surface area contributed by atoms with Crippen molar-refractivity contribution >= 4 is 21.8 Å². The largest absolute Gasteiger partial charge is 0.347 e. The van der Waals surface area contributed by atoms with Crippen molar-refractivity contribution in [2.45, 2.75) is 37.1 Å². The molecule has 1 heterocycles. The average molecular weight is 397 g/mol. The van der Waals surface area contributed by atoms with E-state index < -0.39 is 5.79 Å². The Morgan fingerprint density at radius 3 is 2.33 bits per heavy atom. The van der Waals surface area contributed by atoms with Crippen molar-refractivity contribution in [1.82, 2.24) is 9.80 Å². The van der Waals surface area contributed by atoms with E-state index in [-0.39, 0.29) is 18.0 Å². The number of hydrogen-bond acceptors (Lipinski definition) is 4. The van der Waals surface area contributed by atoms with Crippen LogP contribution in [0.5, 0.6) is 0 Å². The lowest BCUT2D eigenvalue weighted by atomic mass is 9.84. The standard InChI is InChI=1S/C18H25BrN2O3/c1-20(2)16-12-18(23-10-11-24-18)9-8-15(16)21(3)17(22)13-4-6-14(19)7-5-13/h4-7,15-16H,8-12H2,1-3H3. The number of carbonyl (C=O) groups is 1. The van der Waals surface area contributed by atoms with Crippen LogP contribution in [0.25, 0.3) is 0 Å². The van der Waals surface area contributed by atoms with Gasteiger partial charge in [0.1, 0.15) is 0 Å². The van der Waals surface area contributed by atoms with Gasteiger partial charge in [0, 0.05) is 42.0 Å². The van der Waals surface area contributed by atoms with E-state index in [4.69, 9.17) is 9.47 Å². The maximum absolute atomic E-state index is 12.9. The summed E-state index contributed by atoms with van der Waals surface area (Å²) in [5.41, 5.74) is 0.715. The first kappa shape index (κ1) is 17.9. The van der Waals surface area contributed by atoms with Crippen LogP contribution in [0.3, 0.4) is 0 Å². The van der Waals surface area contributed by atoms with E-state index in [2.05, 4.69) is 34.9 Å². The number of nitrogens with zero attached hydrogens (tertiary/aromatic N) is 2. The van der Waals surface area contributed by atoms with E-state index in [1.54, 1.807) is 0 Å². The Morgan fingerprint density at radius 2 is 1.75 bits per heavy atom. The average Bonchev–Trinajstić information content (AvgIpc) is 3.02. The molecule has 6 heteroatoms. The second-order valence-corrected chi connectivity index (χ2v) is 7.79. The van der Waals surface area contributed by atoms with Crippen LogP contribution in [-0.2, 0) is 9.47 Å². The third-order valence-corrected chi connectivity index (χ3v) is 5.70. The lowest BCUT2D eigenvalue weighted by Crippen LogP contribution is -2.57. The van der Waals surface area contributed by atoms with Crippen LogP contribution in [0.2, 0.25) is 0 Å². The molecule has 2 fully saturated rings. The van der Waals surface area contributed by atoms with E-state index in [1.165, 1.54) is 0 Å². The zero-order valence-corrected chi connectivity index (χ0v) is 16.1. The molecular formula is C18H25BrN2O3. The smallest absolute Gasteiger partial charge is 0.253 e. The first-order valence-electron chi connectivity index (χ1n) is 8.39. The molecule has 5 nitrogen and oxygen atoms in total. The second kappa shape index (κ2) is 7.12. The van der Waals surface area contributed by atoms with Crippen LogP contribution in [0.4, 0.5) is 0 Å². The molecule has 2 unspecified atom stereocenters. The molecule has 1 saturated carbocycles. The number of benzene rings is 1. The van der Waals surface area contributed by atoms with Gasteiger partial charge in [0.15, 0.2) is 5.79 Å². The summed E-state index contributed by atoms with van der Waals surface area (Å²) >= 11 is 3.41. The van der Waals surface area contributed by atoms with Crippen molar-refractivity contribution in [3.63, 3.8) is 0 Å². The monoisotopic (exact) mass is 396 g/mol. The molecule has 2 atom stereocenters. The predicted octanol–water partition coefficient (Wildman–Crippen LogP) is 2.75. The van der Waals surface area contributed by atoms with Gasteiger partial charge in [-0.15, -0.1) is 0 Å². The summed E-state index contributed by atoms with van der Waals surface area (Å²) in [6.07, 6.45) is 2.50. The van der Waals surface area contributed by atoms with Crippen LogP contribution in [-0.4, -0.2) is 67.9 Å². The lowest BCUT2D eigenvalue weighted by Gasteiger charge is -2.46. The molecule has 24 heavy (non-hydrogen) atoms. The molecule has 1 saturated heterocycles. The highest BCUT2D eigenvalue weighted by atomic mass is 79.9. The summed E-state index contributed by atoms with van der Waals surface area (Å²) in [6.45, 7) is 1.33. The van der Waals surface area contributed by atoms with Crippen molar-refractivity contribution in [2.24, 2.45) is 0 Å². The van der Waals surface area contributed by atoms with E-state index in [0.29, 0.717) is 18.8 Å². The summed E-state index contributed by atoms with van der Waals surface area (Å²) < 4.78 is 12.8. The molecule has 0 N–H and O–H groups in total. The highest BCUT2D eigenvalue weighted by Crippen LogP contribution is 2.39. The Kier molecular flexibility index (Phi) is 5.30. The molecular weight excluding hydrogens is 372 g/mol. The van der Waals surface area contributed by atoms with Crippen LogP contribution in [0.1, 0.15) is 29.6 Å². The zero-order valence-electron chi connectivity index (χ0n) is 14.5. The maximum Gasteiger partial charge on any atom is 0.253 e. The van der Waals surface area contributed by atoms with Crippen LogP contribution < -0.4 is 0 Å². The van der Waals surface area contributed by atoms with E-state index in [1.807, 2.05) is 36.2 Å². The summed E-state index contributed by atoms with van der Waals surface area (Å²) in [5.74, 6) is -0.393. The highest BCUT2D eigenvalue weighted by molar-refractivity contribution is 9.10. The first-order chi connectivity index (χ1) is 11.4. The fourth-order valence-electron chi connectivity index (χ4n) is 3.80. The van der Waals surface area contributed by atoms with Gasteiger partial charge < -0.3 is 19.3 Å². The molecule has 132 valence electrons. The Bertz CT molecular complexity index is 584. The van der Waals surface area contributed by atoms with Gasteiger partial charge in [0.25, 0.3) is 5.91 Å². The molecule has 0 aromatic heterocycles. The van der Waals surface area contributed by atoms with Gasteiger partial charge in [0.05, 0.1) is 13.2 Å². The zero-order chi connectivity index (χ0) is 17.3. The van der Waals surface area contributed by atoms with Crippen molar-refractivity contribution in [2.75, 3.05) is 34.4 Å². The summed E-state index contributed by atoms with van der Waals surface area (Å²) in [5, 5.41) is 0. The molecule has 1 spiro atoms. The number of ether oxygens (including phenoxy) is 2. The van der Waals surface area contributed by atoms with Crippen molar-refractivity contribution in [3.8, 4) is 0 Å². The second-order valence-electron chi connectivity index (χ2n) is 6.87. The van der Waals surface area contributed by atoms with Gasteiger partial charge in [-0.05, 0) is 44.8 Å². The molecule has 1 amide bonds. The van der Waals surface area contributed by atoms with Crippen molar-refractivity contribution in [1.29, 1.82) is 0 Å². The van der Waals surface area contributed by atoms with Gasteiger partial charge in [0.2, 0.25) is 0 Å². The Balaban J connectivity index is 1.76. The number of likely N-dealkylation sites (N-methyl/N-ethyl adjacent to an activating group) is 2. The fraction of sp³-hybridized carbons (Fsp3) is 0.611. The Morgan fingerprint density at radius 1 is 1.12 bits per heavy atom. The van der Waals surface area contributed by atoms with Gasteiger partial charge in [-0.2, -0.15) is 0 Å². The van der Waals surface area contributed by atoms with Crippen LogP contribution >= 0.6 is 15.9 Å². The van der Waals surface area contributed by atoms with E-state index in [9.17, 15) is 4.79 Å². The van der Waals surface area contributed by atoms with Gasteiger partial charge in [-0.3, -0.25) is 4.79 Å². The Hall–Kier alpha value is -0.950. The number of rotatable bonds is 3. The highest BCUT2D eigenvalue weighted by Gasteiger charge is 2.47. The van der Waals surface area contributed by atoms with Gasteiger partial charge >= 0.3 is 0 Å². The van der Waals surface area contributed by atoms with Crippen molar-refractivity contribution in [3.05, 3.63) is 34.3 Å². The summed E-state index contributed by atoms with van der Waals surface area (Å²) in [6, 6.07) is 7.89. The number of hydrogen-bond donors (Lipinski definition) is 0. The molecule has 1 aromatic rings. The van der Waals surface area contributed by atoms with Crippen LogP contribution in [0.15, 0.2) is 28.7 Å².